The smallest absolute Gasteiger partial charge is 0.323 e. The van der Waals surface area contributed by atoms with E-state index in [4.69, 9.17) is 9.63 Å². The fourth-order valence-electron chi connectivity index (χ4n) is 1.82. The number of carboxylic acids is 1. The lowest BCUT2D eigenvalue weighted by Crippen LogP contribution is -2.56. The van der Waals surface area contributed by atoms with Crippen LogP contribution in [0.3, 0.4) is 0 Å². The predicted octanol–water partition coefficient (Wildman–Crippen LogP) is 1.29. The van der Waals surface area contributed by atoms with Gasteiger partial charge in [0.2, 0.25) is 5.89 Å². The van der Waals surface area contributed by atoms with Gasteiger partial charge in [0, 0.05) is 5.92 Å². The average Bonchev–Trinajstić information content (AvgIpc) is 2.64. The lowest BCUT2D eigenvalue weighted by Gasteiger charge is -2.38. The Balaban J connectivity index is 1.95. The van der Waals surface area contributed by atoms with Gasteiger partial charge in [-0.2, -0.15) is 4.98 Å². The first-order chi connectivity index (χ1) is 8.03. The molecule has 0 amide bonds. The molecule has 1 saturated carbocycles. The summed E-state index contributed by atoms with van der Waals surface area (Å²) in [6.45, 7) is 4.27. The number of carboxylic acid groups (broad SMARTS) is 1. The highest BCUT2D eigenvalue weighted by Gasteiger charge is 2.44. The van der Waals surface area contributed by atoms with Crippen molar-refractivity contribution in [3.05, 3.63) is 11.7 Å². The molecule has 1 aliphatic rings. The zero-order valence-electron chi connectivity index (χ0n) is 10.1. The first-order valence-electron chi connectivity index (χ1n) is 5.84. The van der Waals surface area contributed by atoms with Gasteiger partial charge in [-0.25, -0.2) is 0 Å². The van der Waals surface area contributed by atoms with Crippen LogP contribution in [0, 0.1) is 0 Å². The summed E-state index contributed by atoms with van der Waals surface area (Å²) in [7, 11) is 0. The van der Waals surface area contributed by atoms with Crippen LogP contribution in [0.15, 0.2) is 4.52 Å². The van der Waals surface area contributed by atoms with Crippen LogP contribution in [-0.4, -0.2) is 26.8 Å². The van der Waals surface area contributed by atoms with Crippen LogP contribution in [0.4, 0.5) is 0 Å². The van der Waals surface area contributed by atoms with Gasteiger partial charge in [0.05, 0.1) is 6.54 Å². The summed E-state index contributed by atoms with van der Waals surface area (Å²) in [6, 6.07) is 0. The summed E-state index contributed by atoms with van der Waals surface area (Å²) in [6.07, 6.45) is 2.27. The molecule has 0 spiro atoms. The van der Waals surface area contributed by atoms with Crippen molar-refractivity contribution in [3.63, 3.8) is 0 Å². The van der Waals surface area contributed by atoms with Crippen molar-refractivity contribution in [2.75, 3.05) is 0 Å². The molecule has 0 aliphatic heterocycles. The molecule has 2 N–H and O–H groups in total. The van der Waals surface area contributed by atoms with E-state index in [1.54, 1.807) is 0 Å². The van der Waals surface area contributed by atoms with Crippen molar-refractivity contribution in [1.29, 1.82) is 0 Å². The zero-order chi connectivity index (χ0) is 12.5. The van der Waals surface area contributed by atoms with Crippen molar-refractivity contribution in [3.8, 4) is 0 Å². The van der Waals surface area contributed by atoms with E-state index in [2.05, 4.69) is 15.5 Å². The Labute approximate surface area is 99.4 Å². The third-order valence-corrected chi connectivity index (χ3v) is 3.19. The molecule has 1 fully saturated rings. The van der Waals surface area contributed by atoms with Crippen LogP contribution in [0.1, 0.15) is 50.7 Å². The number of rotatable bonds is 5. The lowest BCUT2D eigenvalue weighted by atomic mass is 9.77. The second-order valence-electron chi connectivity index (χ2n) is 4.80. The number of hydrogen-bond donors (Lipinski definition) is 2. The third kappa shape index (κ3) is 2.31. The van der Waals surface area contributed by atoms with E-state index in [1.165, 1.54) is 0 Å². The number of carbonyl (C=O) groups is 1. The fourth-order valence-corrected chi connectivity index (χ4v) is 1.82. The summed E-state index contributed by atoms with van der Waals surface area (Å²) in [5.41, 5.74) is -0.785. The average molecular weight is 239 g/mol. The molecule has 1 heterocycles. The van der Waals surface area contributed by atoms with Crippen molar-refractivity contribution in [2.45, 2.75) is 51.1 Å². The standard InChI is InChI=1S/C11H17N3O3/c1-7(2)9-13-8(17-14-9)6-12-11(10(15)16)4-3-5-11/h7,12H,3-6H2,1-2H3,(H,15,16). The van der Waals surface area contributed by atoms with Gasteiger partial charge in [-0.1, -0.05) is 19.0 Å². The van der Waals surface area contributed by atoms with Crippen LogP contribution < -0.4 is 5.32 Å². The normalized spacial score (nSPS) is 18.1. The molecule has 17 heavy (non-hydrogen) atoms. The Morgan fingerprint density at radius 2 is 2.29 bits per heavy atom. The quantitative estimate of drug-likeness (QED) is 0.805. The Kier molecular flexibility index (Phi) is 3.15. The highest BCUT2D eigenvalue weighted by Crippen LogP contribution is 2.32. The zero-order valence-corrected chi connectivity index (χ0v) is 10.1. The van der Waals surface area contributed by atoms with Crippen LogP contribution in [0.2, 0.25) is 0 Å². The Morgan fingerprint density at radius 3 is 2.71 bits per heavy atom. The Morgan fingerprint density at radius 1 is 1.59 bits per heavy atom. The van der Waals surface area contributed by atoms with Gasteiger partial charge in [0.1, 0.15) is 5.54 Å². The van der Waals surface area contributed by atoms with E-state index in [9.17, 15) is 4.79 Å². The maximum absolute atomic E-state index is 11.1. The highest BCUT2D eigenvalue weighted by atomic mass is 16.5. The molecule has 2 rings (SSSR count). The lowest BCUT2D eigenvalue weighted by molar-refractivity contribution is -0.149. The van der Waals surface area contributed by atoms with Gasteiger partial charge >= 0.3 is 5.97 Å². The van der Waals surface area contributed by atoms with Crippen LogP contribution >= 0.6 is 0 Å². The number of aliphatic carboxylic acids is 1. The van der Waals surface area contributed by atoms with Crippen molar-refractivity contribution >= 4 is 5.97 Å². The first-order valence-corrected chi connectivity index (χ1v) is 5.84. The summed E-state index contributed by atoms with van der Waals surface area (Å²) in [5.74, 6) is 0.512. The van der Waals surface area contributed by atoms with Gasteiger partial charge < -0.3 is 9.63 Å². The molecule has 0 atom stereocenters. The predicted molar refractivity (Wildman–Crippen MR) is 59.4 cm³/mol. The van der Waals surface area contributed by atoms with Gasteiger partial charge in [0.15, 0.2) is 5.82 Å². The number of nitrogens with one attached hydrogen (secondary N) is 1. The van der Waals surface area contributed by atoms with Gasteiger partial charge in [-0.15, -0.1) is 0 Å². The van der Waals surface area contributed by atoms with E-state index in [0.717, 1.165) is 6.42 Å². The van der Waals surface area contributed by atoms with Crippen LogP contribution in [-0.2, 0) is 11.3 Å². The molecule has 94 valence electrons. The first kappa shape index (κ1) is 12.0. The largest absolute Gasteiger partial charge is 0.480 e. The molecule has 1 aliphatic carbocycles. The van der Waals surface area contributed by atoms with Crippen molar-refractivity contribution < 1.29 is 14.4 Å². The van der Waals surface area contributed by atoms with Crippen molar-refractivity contribution in [1.82, 2.24) is 15.5 Å². The molecule has 6 heteroatoms. The Hall–Kier alpha value is -1.43. The summed E-state index contributed by atoms with van der Waals surface area (Å²) in [4.78, 5) is 15.3. The monoisotopic (exact) mass is 239 g/mol. The minimum atomic E-state index is -0.799. The van der Waals surface area contributed by atoms with Crippen LogP contribution in [0.25, 0.3) is 0 Å². The topological polar surface area (TPSA) is 88.2 Å². The fraction of sp³-hybridized carbons (Fsp3) is 0.727. The maximum Gasteiger partial charge on any atom is 0.323 e. The molecule has 0 radical (unpaired) electrons. The molecule has 1 aromatic rings. The second kappa shape index (κ2) is 4.44. The molecule has 0 unspecified atom stereocenters. The van der Waals surface area contributed by atoms with Gasteiger partial charge in [-0.05, 0) is 19.3 Å². The Bertz CT molecular complexity index is 410. The summed E-state index contributed by atoms with van der Waals surface area (Å²) < 4.78 is 5.05. The maximum atomic E-state index is 11.1. The molecular weight excluding hydrogens is 222 g/mol. The summed E-state index contributed by atoms with van der Waals surface area (Å²) >= 11 is 0. The van der Waals surface area contributed by atoms with E-state index in [-0.39, 0.29) is 5.92 Å². The minimum Gasteiger partial charge on any atom is -0.480 e. The third-order valence-electron chi connectivity index (χ3n) is 3.19. The van der Waals surface area contributed by atoms with Crippen LogP contribution in [0.5, 0.6) is 0 Å². The van der Waals surface area contributed by atoms with Crippen molar-refractivity contribution in [2.24, 2.45) is 0 Å². The minimum absolute atomic E-state index is 0.213. The molecule has 1 aromatic heterocycles. The molecular formula is C11H17N3O3. The number of hydrogen-bond acceptors (Lipinski definition) is 5. The second-order valence-corrected chi connectivity index (χ2v) is 4.80. The number of nitrogens with zero attached hydrogens (tertiary/aromatic N) is 2. The number of aromatic nitrogens is 2. The van der Waals surface area contributed by atoms with Gasteiger partial charge in [-0.3, -0.25) is 10.1 Å². The summed E-state index contributed by atoms with van der Waals surface area (Å²) in [5, 5.41) is 16.0. The van der Waals surface area contributed by atoms with E-state index in [1.807, 2.05) is 13.8 Å². The molecule has 0 saturated heterocycles. The molecule has 0 bridgehead atoms. The molecule has 0 aromatic carbocycles. The van der Waals surface area contributed by atoms with E-state index < -0.39 is 11.5 Å². The van der Waals surface area contributed by atoms with Gasteiger partial charge in [0.25, 0.3) is 0 Å². The SMILES string of the molecule is CC(C)c1noc(CNC2(C(=O)O)CCC2)n1. The van der Waals surface area contributed by atoms with E-state index >= 15 is 0 Å². The van der Waals surface area contributed by atoms with E-state index in [0.29, 0.717) is 31.1 Å². The molecule has 6 nitrogen and oxygen atoms in total. The highest BCUT2D eigenvalue weighted by molar-refractivity contribution is 5.79.